The molecule has 0 amide bonds. The Labute approximate surface area is 115 Å². The molecule has 1 nitrogen and oxygen atoms in total. The summed E-state index contributed by atoms with van der Waals surface area (Å²) in [7, 11) is 0. The second kappa shape index (κ2) is 8.54. The van der Waals surface area contributed by atoms with Gasteiger partial charge in [0, 0.05) is 16.7 Å². The van der Waals surface area contributed by atoms with E-state index >= 15 is 0 Å². The first-order valence-electron chi connectivity index (χ1n) is 6.79. The van der Waals surface area contributed by atoms with Gasteiger partial charge >= 0.3 is 0 Å². The van der Waals surface area contributed by atoms with Gasteiger partial charge in [-0.3, -0.25) is 0 Å². The van der Waals surface area contributed by atoms with Crippen molar-refractivity contribution in [1.29, 1.82) is 0 Å². The summed E-state index contributed by atoms with van der Waals surface area (Å²) < 4.78 is 13.5. The zero-order chi connectivity index (χ0) is 13.4. The summed E-state index contributed by atoms with van der Waals surface area (Å²) in [6.45, 7) is 7.58. The molecule has 0 aliphatic heterocycles. The summed E-state index contributed by atoms with van der Waals surface area (Å²) in [5.41, 5.74) is 0. The molecular formula is C15H24FNS. The third kappa shape index (κ3) is 4.99. The molecule has 0 aliphatic rings. The number of benzene rings is 1. The predicted octanol–water partition coefficient (Wildman–Crippen LogP) is 4.33. The van der Waals surface area contributed by atoms with Gasteiger partial charge in [0.1, 0.15) is 5.82 Å². The molecule has 0 aliphatic carbocycles. The van der Waals surface area contributed by atoms with E-state index in [0.29, 0.717) is 12.0 Å². The van der Waals surface area contributed by atoms with Crippen molar-refractivity contribution in [3.63, 3.8) is 0 Å². The van der Waals surface area contributed by atoms with Gasteiger partial charge in [0.05, 0.1) is 0 Å². The molecule has 0 bridgehead atoms. The average Bonchev–Trinajstić information content (AvgIpc) is 2.36. The van der Waals surface area contributed by atoms with E-state index in [0.717, 1.165) is 17.2 Å². The van der Waals surface area contributed by atoms with Gasteiger partial charge in [0.2, 0.25) is 0 Å². The topological polar surface area (TPSA) is 12.0 Å². The Bertz CT molecular complexity index is 343. The lowest BCUT2D eigenvalue weighted by Crippen LogP contribution is -2.37. The van der Waals surface area contributed by atoms with Crippen LogP contribution in [-0.2, 0) is 0 Å². The minimum atomic E-state index is -0.110. The third-order valence-electron chi connectivity index (χ3n) is 3.15. The molecule has 1 rings (SSSR count). The second-order valence-electron chi connectivity index (χ2n) is 4.67. The highest BCUT2D eigenvalue weighted by molar-refractivity contribution is 7.99. The summed E-state index contributed by atoms with van der Waals surface area (Å²) in [6, 6.07) is 7.47. The van der Waals surface area contributed by atoms with E-state index in [9.17, 15) is 4.39 Å². The van der Waals surface area contributed by atoms with Gasteiger partial charge in [-0.05, 0) is 31.0 Å². The molecule has 0 fully saturated rings. The van der Waals surface area contributed by atoms with Crippen LogP contribution in [0.3, 0.4) is 0 Å². The lowest BCUT2D eigenvalue weighted by Gasteiger charge is -2.24. The first-order chi connectivity index (χ1) is 8.69. The number of rotatable bonds is 8. The zero-order valence-electron chi connectivity index (χ0n) is 11.6. The standard InChI is InChI=1S/C15H24FNS/c1-4-8-12(3)14(17-5-2)11-18-15-10-7-6-9-13(15)16/h6-7,9-10,12,14,17H,4-5,8,11H2,1-3H3. The molecule has 1 aromatic rings. The maximum absolute atomic E-state index is 13.5. The monoisotopic (exact) mass is 269 g/mol. The van der Waals surface area contributed by atoms with Crippen LogP contribution < -0.4 is 5.32 Å². The van der Waals surface area contributed by atoms with Crippen LogP contribution in [-0.4, -0.2) is 18.3 Å². The smallest absolute Gasteiger partial charge is 0.136 e. The van der Waals surface area contributed by atoms with Crippen molar-refractivity contribution in [2.45, 2.75) is 44.6 Å². The largest absolute Gasteiger partial charge is 0.313 e. The number of nitrogens with one attached hydrogen (secondary N) is 1. The molecule has 102 valence electrons. The van der Waals surface area contributed by atoms with E-state index in [1.165, 1.54) is 18.9 Å². The lowest BCUT2D eigenvalue weighted by molar-refractivity contribution is 0.388. The Hall–Kier alpha value is -0.540. The van der Waals surface area contributed by atoms with Crippen molar-refractivity contribution in [3.8, 4) is 0 Å². The molecule has 3 heteroatoms. The van der Waals surface area contributed by atoms with Crippen LogP contribution in [0, 0.1) is 11.7 Å². The van der Waals surface area contributed by atoms with Crippen LogP contribution in [0.25, 0.3) is 0 Å². The molecular weight excluding hydrogens is 245 g/mol. The van der Waals surface area contributed by atoms with Gasteiger partial charge in [0.25, 0.3) is 0 Å². The van der Waals surface area contributed by atoms with Crippen molar-refractivity contribution in [2.75, 3.05) is 12.3 Å². The normalized spacial score (nSPS) is 14.4. The van der Waals surface area contributed by atoms with E-state index in [1.54, 1.807) is 17.8 Å². The number of thioether (sulfide) groups is 1. The Morgan fingerprint density at radius 1 is 1.28 bits per heavy atom. The fourth-order valence-corrected chi connectivity index (χ4v) is 3.27. The fourth-order valence-electron chi connectivity index (χ4n) is 2.08. The third-order valence-corrected chi connectivity index (χ3v) is 4.32. The van der Waals surface area contributed by atoms with Gasteiger partial charge in [0.15, 0.2) is 0 Å². The zero-order valence-corrected chi connectivity index (χ0v) is 12.4. The molecule has 0 spiro atoms. The highest BCUT2D eigenvalue weighted by Crippen LogP contribution is 2.24. The first kappa shape index (κ1) is 15.5. The minimum Gasteiger partial charge on any atom is -0.313 e. The SMILES string of the molecule is CCCC(C)C(CSc1ccccc1F)NCC. The highest BCUT2D eigenvalue weighted by atomic mass is 32.2. The Balaban J connectivity index is 2.54. The molecule has 2 unspecified atom stereocenters. The summed E-state index contributed by atoms with van der Waals surface area (Å²) in [4.78, 5) is 0.754. The van der Waals surface area contributed by atoms with Crippen LogP contribution in [0.5, 0.6) is 0 Å². The molecule has 0 aromatic heterocycles. The summed E-state index contributed by atoms with van der Waals surface area (Å²) >= 11 is 1.61. The Morgan fingerprint density at radius 2 is 2.00 bits per heavy atom. The summed E-state index contributed by atoms with van der Waals surface area (Å²) in [5.74, 6) is 1.45. The van der Waals surface area contributed by atoms with Gasteiger partial charge in [-0.25, -0.2) is 4.39 Å². The average molecular weight is 269 g/mol. The Kier molecular flexibility index (Phi) is 7.36. The quantitative estimate of drug-likeness (QED) is 0.705. The van der Waals surface area contributed by atoms with Crippen molar-refractivity contribution < 1.29 is 4.39 Å². The van der Waals surface area contributed by atoms with Crippen molar-refractivity contribution in [3.05, 3.63) is 30.1 Å². The van der Waals surface area contributed by atoms with E-state index in [2.05, 4.69) is 26.1 Å². The summed E-state index contributed by atoms with van der Waals surface area (Å²) in [6.07, 6.45) is 2.42. The molecule has 1 aromatic carbocycles. The minimum absolute atomic E-state index is 0.110. The molecule has 18 heavy (non-hydrogen) atoms. The van der Waals surface area contributed by atoms with Crippen LogP contribution in [0.4, 0.5) is 4.39 Å². The van der Waals surface area contributed by atoms with Gasteiger partial charge in [-0.2, -0.15) is 0 Å². The van der Waals surface area contributed by atoms with Crippen molar-refractivity contribution in [2.24, 2.45) is 5.92 Å². The van der Waals surface area contributed by atoms with E-state index < -0.39 is 0 Å². The maximum atomic E-state index is 13.5. The number of halogens is 1. The Morgan fingerprint density at radius 3 is 2.61 bits per heavy atom. The van der Waals surface area contributed by atoms with Crippen LogP contribution >= 0.6 is 11.8 Å². The number of hydrogen-bond acceptors (Lipinski definition) is 2. The molecule has 0 radical (unpaired) electrons. The van der Waals surface area contributed by atoms with Gasteiger partial charge in [-0.1, -0.05) is 39.3 Å². The van der Waals surface area contributed by atoms with Crippen LogP contribution in [0.2, 0.25) is 0 Å². The molecule has 2 atom stereocenters. The second-order valence-corrected chi connectivity index (χ2v) is 5.73. The molecule has 1 N–H and O–H groups in total. The number of hydrogen-bond donors (Lipinski definition) is 1. The predicted molar refractivity (Wildman–Crippen MR) is 78.7 cm³/mol. The van der Waals surface area contributed by atoms with Crippen LogP contribution in [0.15, 0.2) is 29.2 Å². The highest BCUT2D eigenvalue weighted by Gasteiger charge is 2.16. The fraction of sp³-hybridized carbons (Fsp3) is 0.600. The van der Waals surface area contributed by atoms with Crippen molar-refractivity contribution >= 4 is 11.8 Å². The van der Waals surface area contributed by atoms with Crippen molar-refractivity contribution in [1.82, 2.24) is 5.32 Å². The van der Waals surface area contributed by atoms with Crippen LogP contribution in [0.1, 0.15) is 33.6 Å². The van der Waals surface area contributed by atoms with Gasteiger partial charge < -0.3 is 5.32 Å². The molecule has 0 saturated carbocycles. The van der Waals surface area contributed by atoms with E-state index in [1.807, 2.05) is 12.1 Å². The first-order valence-corrected chi connectivity index (χ1v) is 7.78. The summed E-state index contributed by atoms with van der Waals surface area (Å²) in [5, 5.41) is 3.51. The lowest BCUT2D eigenvalue weighted by atomic mass is 9.98. The molecule has 0 heterocycles. The maximum Gasteiger partial charge on any atom is 0.136 e. The van der Waals surface area contributed by atoms with E-state index in [-0.39, 0.29) is 5.82 Å². The van der Waals surface area contributed by atoms with E-state index in [4.69, 9.17) is 0 Å². The van der Waals surface area contributed by atoms with Gasteiger partial charge in [-0.15, -0.1) is 11.8 Å². The molecule has 0 saturated heterocycles.